The Balaban J connectivity index is 2.20. The summed E-state index contributed by atoms with van der Waals surface area (Å²) < 4.78 is 0. The molecule has 1 aromatic rings. The van der Waals surface area contributed by atoms with Gasteiger partial charge in [0, 0.05) is 11.3 Å². The van der Waals surface area contributed by atoms with Gasteiger partial charge in [0.1, 0.15) is 0 Å². The van der Waals surface area contributed by atoms with Crippen LogP contribution in [0, 0.1) is 0 Å². The van der Waals surface area contributed by atoms with Gasteiger partial charge in [-0.25, -0.2) is 5.43 Å². The number of rotatable bonds is 9. The van der Waals surface area contributed by atoms with Crippen LogP contribution in [0.4, 0.5) is 0 Å². The average Bonchev–Trinajstić information content (AvgIpc) is 2.48. The number of hydrogen-bond donors (Lipinski definition) is 1. The fourth-order valence-corrected chi connectivity index (χ4v) is 2.22. The van der Waals surface area contributed by atoms with Crippen LogP contribution in [0.2, 0.25) is 0 Å². The Labute approximate surface area is 126 Å². The van der Waals surface area contributed by atoms with Crippen molar-refractivity contribution in [1.82, 2.24) is 5.43 Å². The maximum absolute atomic E-state index is 11.5. The fourth-order valence-electron chi connectivity index (χ4n) is 1.81. The molecule has 0 unspecified atom stereocenters. The van der Waals surface area contributed by atoms with Gasteiger partial charge in [0.15, 0.2) is 0 Å². The summed E-state index contributed by atoms with van der Waals surface area (Å²) in [6.07, 6.45) is 10.1. The van der Waals surface area contributed by atoms with Gasteiger partial charge in [0.25, 0.3) is 0 Å². The third-order valence-electron chi connectivity index (χ3n) is 3.03. The molecule has 0 fully saturated rings. The third kappa shape index (κ3) is 7.34. The largest absolute Gasteiger partial charge is 0.273 e. The van der Waals surface area contributed by atoms with Crippen LogP contribution in [0.15, 0.2) is 34.3 Å². The summed E-state index contributed by atoms with van der Waals surface area (Å²) in [6.45, 7) is 2.19. The first-order chi connectivity index (χ1) is 9.76. The van der Waals surface area contributed by atoms with E-state index in [4.69, 9.17) is 0 Å². The van der Waals surface area contributed by atoms with Gasteiger partial charge in [0.05, 0.1) is 6.21 Å². The first kappa shape index (κ1) is 16.8. The molecule has 1 amide bonds. The Morgan fingerprint density at radius 2 is 1.90 bits per heavy atom. The van der Waals surface area contributed by atoms with Crippen LogP contribution in [0.25, 0.3) is 0 Å². The van der Waals surface area contributed by atoms with Gasteiger partial charge in [0.2, 0.25) is 5.91 Å². The van der Waals surface area contributed by atoms with Crippen LogP contribution in [0.5, 0.6) is 0 Å². The molecular formula is C16H24N2OS. The van der Waals surface area contributed by atoms with Crippen molar-refractivity contribution >= 4 is 23.9 Å². The summed E-state index contributed by atoms with van der Waals surface area (Å²) in [4.78, 5) is 12.8. The van der Waals surface area contributed by atoms with E-state index in [0.29, 0.717) is 6.42 Å². The van der Waals surface area contributed by atoms with Crippen LogP contribution in [0.1, 0.15) is 51.0 Å². The molecule has 1 rings (SSSR count). The van der Waals surface area contributed by atoms with Crippen LogP contribution >= 0.6 is 11.8 Å². The van der Waals surface area contributed by atoms with Gasteiger partial charge in [-0.2, -0.15) is 5.10 Å². The first-order valence-electron chi connectivity index (χ1n) is 7.22. The van der Waals surface area contributed by atoms with E-state index in [2.05, 4.69) is 17.5 Å². The van der Waals surface area contributed by atoms with Crippen molar-refractivity contribution in [3.05, 3.63) is 29.8 Å². The smallest absolute Gasteiger partial charge is 0.240 e. The van der Waals surface area contributed by atoms with Crippen molar-refractivity contribution in [3.8, 4) is 0 Å². The second-order valence-electron chi connectivity index (χ2n) is 4.73. The lowest BCUT2D eigenvalue weighted by Crippen LogP contribution is -2.16. The molecule has 0 heterocycles. The third-order valence-corrected chi connectivity index (χ3v) is 3.77. The summed E-state index contributed by atoms with van der Waals surface area (Å²) in [7, 11) is 0. The van der Waals surface area contributed by atoms with Gasteiger partial charge in [-0.3, -0.25) is 4.79 Å². The summed E-state index contributed by atoms with van der Waals surface area (Å²) in [6, 6.07) is 8.07. The lowest BCUT2D eigenvalue weighted by atomic mass is 10.1. The van der Waals surface area contributed by atoms with Gasteiger partial charge in [-0.05, 0) is 30.4 Å². The van der Waals surface area contributed by atoms with E-state index < -0.39 is 0 Å². The van der Waals surface area contributed by atoms with Gasteiger partial charge >= 0.3 is 0 Å². The van der Waals surface area contributed by atoms with Crippen molar-refractivity contribution in [2.75, 3.05) is 6.26 Å². The quantitative estimate of drug-likeness (QED) is 0.320. The lowest BCUT2D eigenvalue weighted by molar-refractivity contribution is -0.121. The Bertz CT molecular complexity index is 415. The number of unbranched alkanes of at least 4 members (excludes halogenated alkanes) is 4. The highest BCUT2D eigenvalue weighted by Crippen LogP contribution is 2.13. The van der Waals surface area contributed by atoms with Gasteiger partial charge < -0.3 is 0 Å². The molecule has 0 saturated carbocycles. The SMILES string of the molecule is CCCCCCCC(=O)N/N=C/c1ccc(SC)cc1. The molecule has 110 valence electrons. The van der Waals surface area contributed by atoms with Crippen LogP contribution < -0.4 is 5.43 Å². The fraction of sp³-hybridized carbons (Fsp3) is 0.500. The minimum absolute atomic E-state index is 0.00141. The molecule has 0 aliphatic carbocycles. The highest BCUT2D eigenvalue weighted by Gasteiger charge is 1.98. The van der Waals surface area contributed by atoms with E-state index in [9.17, 15) is 4.79 Å². The number of benzene rings is 1. The summed E-state index contributed by atoms with van der Waals surface area (Å²) in [5.74, 6) is -0.00141. The highest BCUT2D eigenvalue weighted by atomic mass is 32.2. The number of hydrogen-bond acceptors (Lipinski definition) is 3. The second kappa shape index (κ2) is 10.5. The zero-order valence-corrected chi connectivity index (χ0v) is 13.2. The molecule has 0 atom stereocenters. The number of hydrazone groups is 1. The zero-order chi connectivity index (χ0) is 14.6. The second-order valence-corrected chi connectivity index (χ2v) is 5.61. The molecule has 20 heavy (non-hydrogen) atoms. The Hall–Kier alpha value is -1.29. The molecule has 0 saturated heterocycles. The number of nitrogens with zero attached hydrogens (tertiary/aromatic N) is 1. The molecule has 1 N–H and O–H groups in total. The van der Waals surface area contributed by atoms with E-state index in [1.165, 1.54) is 24.2 Å². The maximum Gasteiger partial charge on any atom is 0.240 e. The first-order valence-corrected chi connectivity index (χ1v) is 8.44. The van der Waals surface area contributed by atoms with Crippen molar-refractivity contribution in [3.63, 3.8) is 0 Å². The predicted octanol–water partition coefficient (Wildman–Crippen LogP) is 4.22. The average molecular weight is 292 g/mol. The molecule has 0 aromatic heterocycles. The number of carbonyl (C=O) groups excluding carboxylic acids is 1. The van der Waals surface area contributed by atoms with Crippen LogP contribution in [-0.4, -0.2) is 18.4 Å². The van der Waals surface area contributed by atoms with Crippen molar-refractivity contribution in [2.45, 2.75) is 50.3 Å². The molecule has 0 spiro atoms. The lowest BCUT2D eigenvalue weighted by Gasteiger charge is -2.00. The van der Waals surface area contributed by atoms with E-state index in [1.807, 2.05) is 30.5 Å². The number of amides is 1. The minimum atomic E-state index is -0.00141. The normalized spacial score (nSPS) is 10.9. The summed E-state index contributed by atoms with van der Waals surface area (Å²) >= 11 is 1.71. The molecular weight excluding hydrogens is 268 g/mol. The van der Waals surface area contributed by atoms with Crippen molar-refractivity contribution in [1.29, 1.82) is 0 Å². The maximum atomic E-state index is 11.5. The van der Waals surface area contributed by atoms with Crippen LogP contribution in [0.3, 0.4) is 0 Å². The molecule has 0 aliphatic heterocycles. The van der Waals surface area contributed by atoms with Gasteiger partial charge in [-0.1, -0.05) is 44.7 Å². The Kier molecular flexibility index (Phi) is 8.79. The standard InChI is InChI=1S/C16H24N2OS/c1-3-4-5-6-7-8-16(19)18-17-13-14-9-11-15(20-2)12-10-14/h9-13H,3-8H2,1-2H3,(H,18,19)/b17-13+. The van der Waals surface area contributed by atoms with E-state index in [0.717, 1.165) is 18.4 Å². The highest BCUT2D eigenvalue weighted by molar-refractivity contribution is 7.98. The molecule has 0 aliphatic rings. The molecule has 4 heteroatoms. The summed E-state index contributed by atoms with van der Waals surface area (Å²) in [5.41, 5.74) is 3.57. The molecule has 1 aromatic carbocycles. The minimum Gasteiger partial charge on any atom is -0.273 e. The molecule has 0 radical (unpaired) electrons. The Morgan fingerprint density at radius 3 is 2.55 bits per heavy atom. The van der Waals surface area contributed by atoms with Crippen LogP contribution in [-0.2, 0) is 4.79 Å². The van der Waals surface area contributed by atoms with Gasteiger partial charge in [-0.15, -0.1) is 11.8 Å². The molecule has 0 bridgehead atoms. The summed E-state index contributed by atoms with van der Waals surface area (Å²) in [5, 5.41) is 3.98. The number of nitrogens with one attached hydrogen (secondary N) is 1. The van der Waals surface area contributed by atoms with E-state index >= 15 is 0 Å². The molecule has 3 nitrogen and oxygen atoms in total. The topological polar surface area (TPSA) is 41.5 Å². The number of carbonyl (C=O) groups is 1. The van der Waals surface area contributed by atoms with Crippen molar-refractivity contribution < 1.29 is 4.79 Å². The van der Waals surface area contributed by atoms with E-state index in [1.54, 1.807) is 18.0 Å². The Morgan fingerprint density at radius 1 is 1.20 bits per heavy atom. The predicted molar refractivity (Wildman–Crippen MR) is 87.3 cm³/mol. The van der Waals surface area contributed by atoms with E-state index in [-0.39, 0.29) is 5.91 Å². The number of thioether (sulfide) groups is 1. The zero-order valence-electron chi connectivity index (χ0n) is 12.4. The monoisotopic (exact) mass is 292 g/mol. The van der Waals surface area contributed by atoms with Crippen molar-refractivity contribution in [2.24, 2.45) is 5.10 Å².